The maximum Gasteiger partial charge on any atom is 0.311 e. The van der Waals surface area contributed by atoms with Gasteiger partial charge in [-0.15, -0.1) is 0 Å². The van der Waals surface area contributed by atoms with Gasteiger partial charge in [-0.3, -0.25) is 9.59 Å². The average molecular weight is 385 g/mol. The molecule has 148 valence electrons. The van der Waals surface area contributed by atoms with Gasteiger partial charge in [0.2, 0.25) is 5.91 Å². The van der Waals surface area contributed by atoms with Crippen molar-refractivity contribution in [2.75, 3.05) is 32.8 Å². The molecular formula is C21H23NO6. The van der Waals surface area contributed by atoms with Crippen molar-refractivity contribution in [1.29, 1.82) is 0 Å². The van der Waals surface area contributed by atoms with Crippen LogP contribution in [0.4, 0.5) is 5.69 Å². The Morgan fingerprint density at radius 2 is 1.79 bits per heavy atom. The standard InChI is InChI=1S/C21H23NO6/c1-25-16-6-4-5-14(9-16)13-28-21(24)15-10-20(23)22(12-15)18-8-7-17(26-2)11-19(18)27-3/h4-9,11,15H,10,12-13H2,1-3H3/t15-/m0/s1. The summed E-state index contributed by atoms with van der Waals surface area (Å²) in [4.78, 5) is 26.5. The highest BCUT2D eigenvalue weighted by atomic mass is 16.5. The molecule has 2 aromatic carbocycles. The summed E-state index contributed by atoms with van der Waals surface area (Å²) in [5, 5.41) is 0. The van der Waals surface area contributed by atoms with Gasteiger partial charge >= 0.3 is 5.97 Å². The van der Waals surface area contributed by atoms with Crippen LogP contribution in [0.3, 0.4) is 0 Å². The van der Waals surface area contributed by atoms with Crippen molar-refractivity contribution in [3.63, 3.8) is 0 Å². The van der Waals surface area contributed by atoms with E-state index in [2.05, 4.69) is 0 Å². The number of amides is 1. The van der Waals surface area contributed by atoms with Crippen LogP contribution in [-0.2, 0) is 20.9 Å². The number of methoxy groups -OCH3 is 3. The van der Waals surface area contributed by atoms with Crippen molar-refractivity contribution in [2.45, 2.75) is 13.0 Å². The van der Waals surface area contributed by atoms with Gasteiger partial charge in [-0.2, -0.15) is 0 Å². The number of ether oxygens (including phenoxy) is 4. The normalized spacial score (nSPS) is 16.0. The highest BCUT2D eigenvalue weighted by Gasteiger charge is 2.37. The third-order valence-electron chi connectivity index (χ3n) is 4.65. The van der Waals surface area contributed by atoms with E-state index in [4.69, 9.17) is 18.9 Å². The largest absolute Gasteiger partial charge is 0.497 e. The number of anilines is 1. The van der Waals surface area contributed by atoms with Crippen LogP contribution in [0.15, 0.2) is 42.5 Å². The number of carbonyl (C=O) groups is 2. The van der Waals surface area contributed by atoms with Gasteiger partial charge in [0.05, 0.1) is 32.9 Å². The maximum absolute atomic E-state index is 12.5. The second kappa shape index (κ2) is 8.65. The lowest BCUT2D eigenvalue weighted by molar-refractivity contribution is -0.149. The van der Waals surface area contributed by atoms with Gasteiger partial charge in [0.1, 0.15) is 23.9 Å². The Bertz CT molecular complexity index is 866. The minimum Gasteiger partial charge on any atom is -0.497 e. The summed E-state index contributed by atoms with van der Waals surface area (Å²) in [6, 6.07) is 12.5. The van der Waals surface area contributed by atoms with E-state index < -0.39 is 11.9 Å². The highest BCUT2D eigenvalue weighted by Crippen LogP contribution is 2.36. The van der Waals surface area contributed by atoms with Crippen molar-refractivity contribution in [2.24, 2.45) is 5.92 Å². The van der Waals surface area contributed by atoms with Gasteiger partial charge in [0.15, 0.2) is 0 Å². The Morgan fingerprint density at radius 3 is 2.50 bits per heavy atom. The lowest BCUT2D eigenvalue weighted by Gasteiger charge is -2.20. The summed E-state index contributed by atoms with van der Waals surface area (Å²) >= 11 is 0. The second-order valence-corrected chi connectivity index (χ2v) is 6.40. The zero-order valence-electron chi connectivity index (χ0n) is 16.1. The molecule has 1 aliphatic heterocycles. The molecule has 28 heavy (non-hydrogen) atoms. The number of hydrogen-bond donors (Lipinski definition) is 0. The monoisotopic (exact) mass is 385 g/mol. The Balaban J connectivity index is 1.66. The number of hydrogen-bond acceptors (Lipinski definition) is 6. The summed E-state index contributed by atoms with van der Waals surface area (Å²) in [5.41, 5.74) is 1.43. The van der Waals surface area contributed by atoms with Crippen LogP contribution < -0.4 is 19.1 Å². The molecule has 0 radical (unpaired) electrons. The van der Waals surface area contributed by atoms with Crippen molar-refractivity contribution >= 4 is 17.6 Å². The zero-order valence-corrected chi connectivity index (χ0v) is 16.1. The second-order valence-electron chi connectivity index (χ2n) is 6.40. The molecule has 0 aliphatic carbocycles. The molecule has 7 nitrogen and oxygen atoms in total. The van der Waals surface area contributed by atoms with Crippen LogP contribution in [0.2, 0.25) is 0 Å². The molecule has 0 unspecified atom stereocenters. The van der Waals surface area contributed by atoms with E-state index in [1.165, 1.54) is 7.11 Å². The average Bonchev–Trinajstić information content (AvgIpc) is 3.13. The van der Waals surface area contributed by atoms with E-state index in [1.54, 1.807) is 37.3 Å². The van der Waals surface area contributed by atoms with Gasteiger partial charge in [-0.25, -0.2) is 0 Å². The Kier molecular flexibility index (Phi) is 6.03. The molecule has 1 saturated heterocycles. The van der Waals surface area contributed by atoms with Crippen LogP contribution in [0.25, 0.3) is 0 Å². The zero-order chi connectivity index (χ0) is 20.1. The molecule has 1 aliphatic rings. The molecular weight excluding hydrogens is 362 g/mol. The van der Waals surface area contributed by atoms with Crippen molar-refractivity contribution in [3.8, 4) is 17.2 Å². The number of carbonyl (C=O) groups excluding carboxylic acids is 2. The summed E-state index contributed by atoms with van der Waals surface area (Å²) in [7, 11) is 4.67. The van der Waals surface area contributed by atoms with Gasteiger partial charge in [0.25, 0.3) is 0 Å². The Hall–Kier alpha value is -3.22. The molecule has 0 aromatic heterocycles. The molecule has 1 atom stereocenters. The van der Waals surface area contributed by atoms with E-state index >= 15 is 0 Å². The van der Waals surface area contributed by atoms with Gasteiger partial charge < -0.3 is 23.8 Å². The van der Waals surface area contributed by atoms with Crippen molar-refractivity contribution in [1.82, 2.24) is 0 Å². The molecule has 3 rings (SSSR count). The van der Waals surface area contributed by atoms with E-state index in [1.807, 2.05) is 24.3 Å². The fraction of sp³-hybridized carbons (Fsp3) is 0.333. The lowest BCUT2D eigenvalue weighted by atomic mass is 10.1. The minimum atomic E-state index is -0.523. The van der Waals surface area contributed by atoms with E-state index in [-0.39, 0.29) is 25.5 Å². The molecule has 0 N–H and O–H groups in total. The molecule has 0 spiro atoms. The summed E-state index contributed by atoms with van der Waals surface area (Å²) in [6.07, 6.45) is 0.103. The summed E-state index contributed by atoms with van der Waals surface area (Å²) < 4.78 is 21.1. The minimum absolute atomic E-state index is 0.103. The number of esters is 1. The SMILES string of the molecule is COc1cccc(COC(=O)[C@H]2CC(=O)N(c3ccc(OC)cc3OC)C2)c1. The topological polar surface area (TPSA) is 74.3 Å². The van der Waals surface area contributed by atoms with Crippen LogP contribution in [0.5, 0.6) is 17.2 Å². The summed E-state index contributed by atoms with van der Waals surface area (Å²) in [5.74, 6) is 0.768. The number of nitrogens with zero attached hydrogens (tertiary/aromatic N) is 1. The lowest BCUT2D eigenvalue weighted by Crippen LogP contribution is -2.26. The highest BCUT2D eigenvalue weighted by molar-refractivity contribution is 6.00. The van der Waals surface area contributed by atoms with Gasteiger partial charge in [0, 0.05) is 19.0 Å². The molecule has 1 fully saturated rings. The smallest absolute Gasteiger partial charge is 0.311 e. The third kappa shape index (κ3) is 4.19. The molecule has 7 heteroatoms. The molecule has 1 heterocycles. The molecule has 0 bridgehead atoms. The molecule has 1 amide bonds. The Morgan fingerprint density at radius 1 is 1.04 bits per heavy atom. The van der Waals surface area contributed by atoms with Crippen molar-refractivity contribution < 1.29 is 28.5 Å². The fourth-order valence-electron chi connectivity index (χ4n) is 3.14. The number of rotatable bonds is 7. The van der Waals surface area contributed by atoms with Gasteiger partial charge in [-0.1, -0.05) is 12.1 Å². The van der Waals surface area contributed by atoms with Gasteiger partial charge in [-0.05, 0) is 29.8 Å². The summed E-state index contributed by atoms with van der Waals surface area (Å²) in [6.45, 7) is 0.380. The molecule has 2 aromatic rings. The van der Waals surface area contributed by atoms with E-state index in [0.717, 1.165) is 5.56 Å². The third-order valence-corrected chi connectivity index (χ3v) is 4.65. The van der Waals surface area contributed by atoms with Crippen LogP contribution in [-0.4, -0.2) is 39.8 Å². The van der Waals surface area contributed by atoms with Crippen LogP contribution in [0.1, 0.15) is 12.0 Å². The quantitative estimate of drug-likeness (QED) is 0.683. The Labute approximate surface area is 163 Å². The first-order chi connectivity index (χ1) is 13.5. The first-order valence-corrected chi connectivity index (χ1v) is 8.87. The first-order valence-electron chi connectivity index (χ1n) is 8.87. The van der Waals surface area contributed by atoms with E-state index in [9.17, 15) is 9.59 Å². The van der Waals surface area contributed by atoms with Crippen molar-refractivity contribution in [3.05, 3.63) is 48.0 Å². The molecule has 0 saturated carbocycles. The van der Waals surface area contributed by atoms with Crippen LogP contribution in [0, 0.1) is 5.92 Å². The van der Waals surface area contributed by atoms with E-state index in [0.29, 0.717) is 22.9 Å². The predicted octanol–water partition coefficient (Wildman–Crippen LogP) is 2.81. The predicted molar refractivity (Wildman–Crippen MR) is 103 cm³/mol. The maximum atomic E-state index is 12.5. The fourth-order valence-corrected chi connectivity index (χ4v) is 3.14. The van der Waals surface area contributed by atoms with Crippen LogP contribution >= 0.6 is 0 Å². The number of benzene rings is 2. The first kappa shape index (κ1) is 19.5.